The van der Waals surface area contributed by atoms with Gasteiger partial charge >= 0.3 is 0 Å². The van der Waals surface area contributed by atoms with E-state index in [1.807, 2.05) is 0 Å². The standard InChI is InChI=1S/C13H11Cl2NO4S/c1-20-13-7-9(3-4-10(13)15)21(18,19)16-11-6-8(14)2-5-12(11)17/h2-7,16-17H,1H3. The summed E-state index contributed by atoms with van der Waals surface area (Å²) in [5, 5.41) is 10.2. The molecule has 0 saturated heterocycles. The highest BCUT2D eigenvalue weighted by Gasteiger charge is 2.18. The fourth-order valence-electron chi connectivity index (χ4n) is 1.60. The SMILES string of the molecule is COc1cc(S(=O)(=O)Nc2cc(Cl)ccc2O)ccc1Cl. The van der Waals surface area contributed by atoms with E-state index in [-0.39, 0.29) is 22.1 Å². The number of hydrogen-bond donors (Lipinski definition) is 2. The summed E-state index contributed by atoms with van der Waals surface area (Å²) in [6, 6.07) is 8.07. The molecular formula is C13H11Cl2NO4S. The molecule has 5 nitrogen and oxygen atoms in total. The van der Waals surface area contributed by atoms with E-state index in [9.17, 15) is 13.5 Å². The van der Waals surface area contributed by atoms with Gasteiger partial charge in [-0.05, 0) is 30.3 Å². The molecule has 8 heteroatoms. The Morgan fingerprint density at radius 2 is 1.86 bits per heavy atom. The average Bonchev–Trinajstić information content (AvgIpc) is 2.43. The fourth-order valence-corrected chi connectivity index (χ4v) is 3.05. The molecule has 0 bridgehead atoms. The number of hydrogen-bond acceptors (Lipinski definition) is 4. The molecule has 0 radical (unpaired) electrons. The molecule has 0 atom stereocenters. The molecule has 2 aromatic carbocycles. The molecular weight excluding hydrogens is 337 g/mol. The number of halogens is 2. The smallest absolute Gasteiger partial charge is 0.262 e. The zero-order valence-electron chi connectivity index (χ0n) is 10.8. The number of methoxy groups -OCH3 is 1. The minimum absolute atomic E-state index is 0.0172. The third-order valence-electron chi connectivity index (χ3n) is 2.64. The zero-order valence-corrected chi connectivity index (χ0v) is 13.1. The van der Waals surface area contributed by atoms with Crippen molar-refractivity contribution in [1.29, 1.82) is 0 Å². The van der Waals surface area contributed by atoms with Crippen molar-refractivity contribution in [2.45, 2.75) is 4.90 Å². The molecule has 0 aliphatic rings. The second-order valence-electron chi connectivity index (χ2n) is 4.06. The lowest BCUT2D eigenvalue weighted by atomic mass is 10.3. The lowest BCUT2D eigenvalue weighted by Crippen LogP contribution is -2.13. The molecule has 21 heavy (non-hydrogen) atoms. The van der Waals surface area contributed by atoms with Crippen molar-refractivity contribution >= 4 is 38.9 Å². The first kappa shape index (κ1) is 15.8. The summed E-state index contributed by atoms with van der Waals surface area (Å²) in [5.41, 5.74) is -0.0172. The van der Waals surface area contributed by atoms with Gasteiger partial charge in [0.2, 0.25) is 0 Å². The Kier molecular flexibility index (Phi) is 4.51. The van der Waals surface area contributed by atoms with E-state index in [0.29, 0.717) is 10.0 Å². The first-order chi connectivity index (χ1) is 9.83. The van der Waals surface area contributed by atoms with Crippen LogP contribution in [0.25, 0.3) is 0 Å². The quantitative estimate of drug-likeness (QED) is 0.829. The first-order valence-corrected chi connectivity index (χ1v) is 7.92. The molecule has 0 amide bonds. The molecule has 0 heterocycles. The van der Waals surface area contributed by atoms with Crippen molar-refractivity contribution in [1.82, 2.24) is 0 Å². The minimum atomic E-state index is -3.91. The van der Waals surface area contributed by atoms with E-state index < -0.39 is 10.0 Å². The van der Waals surface area contributed by atoms with Gasteiger partial charge in [0, 0.05) is 11.1 Å². The Morgan fingerprint density at radius 3 is 2.52 bits per heavy atom. The van der Waals surface area contributed by atoms with Crippen molar-refractivity contribution in [2.75, 3.05) is 11.8 Å². The van der Waals surface area contributed by atoms with Crippen molar-refractivity contribution in [3.05, 3.63) is 46.4 Å². The number of aromatic hydroxyl groups is 1. The number of anilines is 1. The van der Waals surface area contributed by atoms with E-state index in [1.165, 1.54) is 43.5 Å². The Bertz CT molecular complexity index is 778. The van der Waals surface area contributed by atoms with Crippen molar-refractivity contribution in [3.8, 4) is 11.5 Å². The van der Waals surface area contributed by atoms with Gasteiger partial charge in [0.1, 0.15) is 11.5 Å². The number of phenols is 1. The van der Waals surface area contributed by atoms with Gasteiger partial charge < -0.3 is 9.84 Å². The van der Waals surface area contributed by atoms with Crippen LogP contribution in [0.5, 0.6) is 11.5 Å². The summed E-state index contributed by atoms with van der Waals surface area (Å²) in [6.07, 6.45) is 0. The lowest BCUT2D eigenvalue weighted by molar-refractivity contribution is 0.413. The zero-order chi connectivity index (χ0) is 15.6. The second kappa shape index (κ2) is 6.01. The van der Waals surface area contributed by atoms with Gasteiger partial charge in [-0.3, -0.25) is 4.72 Å². The van der Waals surface area contributed by atoms with Crippen LogP contribution in [0.2, 0.25) is 10.0 Å². The fraction of sp³-hybridized carbons (Fsp3) is 0.0769. The highest BCUT2D eigenvalue weighted by atomic mass is 35.5. The number of sulfonamides is 1. The van der Waals surface area contributed by atoms with Crippen LogP contribution in [0.1, 0.15) is 0 Å². The minimum Gasteiger partial charge on any atom is -0.506 e. The second-order valence-corrected chi connectivity index (χ2v) is 6.59. The maximum absolute atomic E-state index is 12.3. The molecule has 0 aliphatic carbocycles. The third kappa shape index (κ3) is 3.53. The van der Waals surface area contributed by atoms with Crippen LogP contribution in [0.15, 0.2) is 41.3 Å². The first-order valence-electron chi connectivity index (χ1n) is 5.68. The topological polar surface area (TPSA) is 75.6 Å². The van der Waals surface area contributed by atoms with E-state index in [0.717, 1.165) is 0 Å². The van der Waals surface area contributed by atoms with Crippen LogP contribution in [0, 0.1) is 0 Å². The molecule has 2 N–H and O–H groups in total. The molecule has 0 unspecified atom stereocenters. The van der Waals surface area contributed by atoms with Crippen LogP contribution in [0.4, 0.5) is 5.69 Å². The summed E-state index contributed by atoms with van der Waals surface area (Å²) in [7, 11) is -2.53. The van der Waals surface area contributed by atoms with Crippen molar-refractivity contribution < 1.29 is 18.3 Å². The summed E-state index contributed by atoms with van der Waals surface area (Å²) in [4.78, 5) is -0.0527. The predicted octanol–water partition coefficient (Wildman–Crippen LogP) is 3.51. The Hall–Kier alpha value is -1.63. The maximum Gasteiger partial charge on any atom is 0.262 e. The largest absolute Gasteiger partial charge is 0.506 e. The molecule has 0 saturated carbocycles. The highest BCUT2D eigenvalue weighted by Crippen LogP contribution is 2.31. The number of ether oxygens (including phenoxy) is 1. The number of nitrogens with one attached hydrogen (secondary N) is 1. The average molecular weight is 348 g/mol. The molecule has 0 fully saturated rings. The van der Waals surface area contributed by atoms with Gasteiger partial charge in [0.05, 0.1) is 22.7 Å². The van der Waals surface area contributed by atoms with Crippen LogP contribution >= 0.6 is 23.2 Å². The lowest BCUT2D eigenvalue weighted by Gasteiger charge is -2.11. The van der Waals surface area contributed by atoms with E-state index in [4.69, 9.17) is 27.9 Å². The van der Waals surface area contributed by atoms with E-state index in [2.05, 4.69) is 4.72 Å². The van der Waals surface area contributed by atoms with Crippen LogP contribution in [-0.2, 0) is 10.0 Å². The number of rotatable bonds is 4. The summed E-state index contributed by atoms with van der Waals surface area (Å²) < 4.78 is 31.8. The molecule has 2 aromatic rings. The normalized spacial score (nSPS) is 11.2. The van der Waals surface area contributed by atoms with Gasteiger partial charge in [-0.2, -0.15) is 0 Å². The number of phenolic OH excluding ortho intramolecular Hbond substituents is 1. The maximum atomic E-state index is 12.3. The van der Waals surface area contributed by atoms with Gasteiger partial charge in [-0.25, -0.2) is 8.42 Å². The predicted molar refractivity (Wildman–Crippen MR) is 81.9 cm³/mol. The van der Waals surface area contributed by atoms with Crippen LogP contribution < -0.4 is 9.46 Å². The Labute approximate surface area is 132 Å². The van der Waals surface area contributed by atoms with Gasteiger partial charge in [0.25, 0.3) is 10.0 Å². The van der Waals surface area contributed by atoms with Crippen LogP contribution in [-0.4, -0.2) is 20.6 Å². The number of benzene rings is 2. The summed E-state index contributed by atoms with van der Waals surface area (Å²) in [5.74, 6) is -0.00115. The Morgan fingerprint density at radius 1 is 1.14 bits per heavy atom. The Balaban J connectivity index is 2.41. The summed E-state index contributed by atoms with van der Waals surface area (Å²) >= 11 is 11.6. The highest BCUT2D eigenvalue weighted by molar-refractivity contribution is 7.92. The molecule has 0 aromatic heterocycles. The van der Waals surface area contributed by atoms with Crippen LogP contribution in [0.3, 0.4) is 0 Å². The molecule has 2 rings (SSSR count). The molecule has 0 aliphatic heterocycles. The third-order valence-corrected chi connectivity index (χ3v) is 4.55. The van der Waals surface area contributed by atoms with Gasteiger partial charge in [0.15, 0.2) is 0 Å². The van der Waals surface area contributed by atoms with Crippen molar-refractivity contribution in [2.24, 2.45) is 0 Å². The van der Waals surface area contributed by atoms with E-state index >= 15 is 0 Å². The van der Waals surface area contributed by atoms with Gasteiger partial charge in [-0.1, -0.05) is 23.2 Å². The van der Waals surface area contributed by atoms with E-state index in [1.54, 1.807) is 0 Å². The molecule has 0 spiro atoms. The van der Waals surface area contributed by atoms with Gasteiger partial charge in [-0.15, -0.1) is 0 Å². The monoisotopic (exact) mass is 347 g/mol. The molecule has 112 valence electrons. The summed E-state index contributed by atoms with van der Waals surface area (Å²) in [6.45, 7) is 0. The van der Waals surface area contributed by atoms with Crippen molar-refractivity contribution in [3.63, 3.8) is 0 Å².